The van der Waals surface area contributed by atoms with Crippen molar-refractivity contribution in [1.29, 1.82) is 0 Å². The summed E-state index contributed by atoms with van der Waals surface area (Å²) in [7, 11) is 2.32. The first-order valence-electron chi connectivity index (χ1n) is 11.5. The summed E-state index contributed by atoms with van der Waals surface area (Å²) in [6, 6.07) is 30.7. The maximum atomic E-state index is 13.2. The van der Waals surface area contributed by atoms with Gasteiger partial charge in [0.15, 0.2) is 0 Å². The summed E-state index contributed by atoms with van der Waals surface area (Å²) < 4.78 is 0.957. The molecule has 1 amide bonds. The number of nitrogens with two attached hydrogens (primary N) is 1. The molecule has 0 radical (unpaired) electrons. The molecular formula is C29H33N2O+. The average molecular weight is 426 g/mol. The first kappa shape index (κ1) is 22.0. The molecule has 0 bridgehead atoms. The van der Waals surface area contributed by atoms with E-state index in [0.717, 1.165) is 48.1 Å². The second-order valence-electron chi connectivity index (χ2n) is 9.24. The lowest BCUT2D eigenvalue weighted by atomic mass is 9.64. The summed E-state index contributed by atoms with van der Waals surface area (Å²) in [5.41, 5.74) is 8.66. The number of nitrogens with zero attached hydrogens (tertiary/aromatic N) is 1. The van der Waals surface area contributed by atoms with E-state index >= 15 is 0 Å². The number of hydrogen-bond donors (Lipinski definition) is 1. The fourth-order valence-electron chi connectivity index (χ4n) is 5.43. The average Bonchev–Trinajstić information content (AvgIpc) is 3.21. The van der Waals surface area contributed by atoms with Crippen LogP contribution in [0.5, 0.6) is 0 Å². The highest BCUT2D eigenvalue weighted by molar-refractivity contribution is 5.91. The van der Waals surface area contributed by atoms with E-state index in [1.807, 2.05) is 42.5 Å². The van der Waals surface area contributed by atoms with Gasteiger partial charge in [-0.1, -0.05) is 103 Å². The second-order valence-corrected chi connectivity index (χ2v) is 9.24. The molecule has 3 aromatic carbocycles. The van der Waals surface area contributed by atoms with Crippen molar-refractivity contribution in [2.75, 3.05) is 26.7 Å². The van der Waals surface area contributed by atoms with Gasteiger partial charge in [0.05, 0.1) is 26.7 Å². The van der Waals surface area contributed by atoms with Crippen LogP contribution in [0.4, 0.5) is 0 Å². The molecular weight excluding hydrogens is 392 g/mol. The zero-order valence-electron chi connectivity index (χ0n) is 18.9. The van der Waals surface area contributed by atoms with Crippen molar-refractivity contribution in [2.24, 2.45) is 11.7 Å². The molecule has 1 aliphatic rings. The molecule has 1 fully saturated rings. The standard InChI is InChI=1S/C29H32N2O/c1-31(21-12-11-15-24-13-5-2-6-14-24)22-20-27(23-31)29(28(30)32,25-16-7-3-8-17-25)26-18-9-4-10-19-26/h2-11,13-19,27H,12,20-23H2,1H3,(H-,30,32)/p+1/b15-11+/t27-,31?/m1/s1. The van der Waals surface area contributed by atoms with E-state index < -0.39 is 5.41 Å². The van der Waals surface area contributed by atoms with E-state index in [-0.39, 0.29) is 11.8 Å². The highest BCUT2D eigenvalue weighted by Gasteiger charge is 2.53. The normalized spacial score (nSPS) is 21.1. The quantitative estimate of drug-likeness (QED) is 0.506. The Bertz CT molecular complexity index is 1010. The predicted molar refractivity (Wildman–Crippen MR) is 132 cm³/mol. The van der Waals surface area contributed by atoms with Crippen LogP contribution in [-0.4, -0.2) is 37.1 Å². The van der Waals surface area contributed by atoms with Crippen LogP contribution in [0.1, 0.15) is 29.5 Å². The van der Waals surface area contributed by atoms with Crippen LogP contribution in [0.15, 0.2) is 97.1 Å². The fraction of sp³-hybridized carbons (Fsp3) is 0.276. The van der Waals surface area contributed by atoms with Crippen molar-refractivity contribution in [3.63, 3.8) is 0 Å². The molecule has 0 saturated carbocycles. The van der Waals surface area contributed by atoms with Gasteiger partial charge in [-0.2, -0.15) is 0 Å². The van der Waals surface area contributed by atoms with Crippen LogP contribution in [0.2, 0.25) is 0 Å². The van der Waals surface area contributed by atoms with Gasteiger partial charge < -0.3 is 10.2 Å². The Morgan fingerprint density at radius 2 is 1.47 bits per heavy atom. The maximum absolute atomic E-state index is 13.2. The minimum absolute atomic E-state index is 0.160. The van der Waals surface area contributed by atoms with E-state index in [0.29, 0.717) is 0 Å². The van der Waals surface area contributed by atoms with Crippen LogP contribution < -0.4 is 5.73 Å². The van der Waals surface area contributed by atoms with E-state index in [1.165, 1.54) is 5.56 Å². The topological polar surface area (TPSA) is 43.1 Å². The maximum Gasteiger partial charge on any atom is 0.233 e. The van der Waals surface area contributed by atoms with Gasteiger partial charge >= 0.3 is 0 Å². The van der Waals surface area contributed by atoms with Crippen molar-refractivity contribution in [3.05, 3.63) is 114 Å². The van der Waals surface area contributed by atoms with E-state index in [9.17, 15) is 4.79 Å². The molecule has 4 rings (SSSR count). The molecule has 3 nitrogen and oxygen atoms in total. The zero-order valence-corrected chi connectivity index (χ0v) is 18.9. The van der Waals surface area contributed by atoms with Crippen LogP contribution in [-0.2, 0) is 10.2 Å². The third-order valence-electron chi connectivity index (χ3n) is 7.08. The Morgan fingerprint density at radius 3 is 2.00 bits per heavy atom. The third-order valence-corrected chi connectivity index (χ3v) is 7.08. The number of benzene rings is 3. The number of hydrogen-bond acceptors (Lipinski definition) is 1. The smallest absolute Gasteiger partial charge is 0.233 e. The Kier molecular flexibility index (Phi) is 6.57. The largest absolute Gasteiger partial charge is 0.369 e. The first-order valence-corrected chi connectivity index (χ1v) is 11.5. The van der Waals surface area contributed by atoms with Crippen molar-refractivity contribution >= 4 is 12.0 Å². The molecule has 1 unspecified atom stereocenters. The highest BCUT2D eigenvalue weighted by Crippen LogP contribution is 2.45. The van der Waals surface area contributed by atoms with Gasteiger partial charge in [-0.05, 0) is 16.7 Å². The van der Waals surface area contributed by atoms with Gasteiger partial charge in [-0.15, -0.1) is 0 Å². The fourth-order valence-corrected chi connectivity index (χ4v) is 5.43. The Hall–Kier alpha value is -3.17. The summed E-state index contributed by atoms with van der Waals surface area (Å²) >= 11 is 0. The molecule has 1 heterocycles. The summed E-state index contributed by atoms with van der Waals surface area (Å²) in [5, 5.41) is 0. The van der Waals surface area contributed by atoms with Gasteiger partial charge in [-0.3, -0.25) is 4.79 Å². The summed E-state index contributed by atoms with van der Waals surface area (Å²) in [6.45, 7) is 3.04. The van der Waals surface area contributed by atoms with Crippen molar-refractivity contribution in [3.8, 4) is 0 Å². The van der Waals surface area contributed by atoms with Crippen LogP contribution in [0.25, 0.3) is 6.08 Å². The van der Waals surface area contributed by atoms with Gasteiger partial charge in [0.2, 0.25) is 5.91 Å². The van der Waals surface area contributed by atoms with Gasteiger partial charge in [0, 0.05) is 18.8 Å². The molecule has 3 aromatic rings. The lowest BCUT2D eigenvalue weighted by Gasteiger charge is -2.38. The number of likely N-dealkylation sites (tertiary alicyclic amines) is 1. The van der Waals surface area contributed by atoms with Gasteiger partial charge in [-0.25, -0.2) is 0 Å². The summed E-state index contributed by atoms with van der Waals surface area (Å²) in [6.07, 6.45) is 6.45. The van der Waals surface area contributed by atoms with Crippen LogP contribution in [0.3, 0.4) is 0 Å². The highest BCUT2D eigenvalue weighted by atomic mass is 16.1. The number of carbonyl (C=O) groups is 1. The molecule has 2 N–H and O–H groups in total. The first-order chi connectivity index (χ1) is 15.5. The minimum atomic E-state index is -0.807. The Morgan fingerprint density at radius 1 is 0.938 bits per heavy atom. The number of amides is 1. The molecule has 164 valence electrons. The van der Waals surface area contributed by atoms with E-state index in [2.05, 4.69) is 67.7 Å². The van der Waals surface area contributed by atoms with Crippen molar-refractivity contribution in [1.82, 2.24) is 0 Å². The van der Waals surface area contributed by atoms with E-state index in [1.54, 1.807) is 0 Å². The molecule has 2 atom stereocenters. The lowest BCUT2D eigenvalue weighted by molar-refractivity contribution is -0.898. The lowest BCUT2D eigenvalue weighted by Crippen LogP contribution is -2.51. The summed E-state index contributed by atoms with van der Waals surface area (Å²) in [5.74, 6) is -0.0924. The van der Waals surface area contributed by atoms with Crippen LogP contribution >= 0.6 is 0 Å². The molecule has 0 spiro atoms. The Balaban J connectivity index is 1.58. The Labute approximate surface area is 191 Å². The molecule has 1 aliphatic heterocycles. The van der Waals surface area contributed by atoms with Gasteiger partial charge in [0.25, 0.3) is 0 Å². The third kappa shape index (κ3) is 4.39. The second kappa shape index (κ2) is 9.54. The zero-order chi connectivity index (χ0) is 22.4. The predicted octanol–water partition coefficient (Wildman–Crippen LogP) is 5.03. The monoisotopic (exact) mass is 425 g/mol. The molecule has 3 heteroatoms. The minimum Gasteiger partial charge on any atom is -0.369 e. The van der Waals surface area contributed by atoms with Crippen LogP contribution in [0, 0.1) is 5.92 Å². The summed E-state index contributed by atoms with van der Waals surface area (Å²) in [4.78, 5) is 13.2. The van der Waals surface area contributed by atoms with Gasteiger partial charge in [0.1, 0.15) is 5.41 Å². The number of quaternary nitrogens is 1. The number of primary amides is 1. The number of carbonyl (C=O) groups excluding carboxylic acids is 1. The molecule has 32 heavy (non-hydrogen) atoms. The molecule has 0 aliphatic carbocycles. The number of rotatable bonds is 8. The molecule has 0 aromatic heterocycles. The van der Waals surface area contributed by atoms with E-state index in [4.69, 9.17) is 5.73 Å². The van der Waals surface area contributed by atoms with Crippen molar-refractivity contribution in [2.45, 2.75) is 18.3 Å². The SMILES string of the molecule is C[N+]1(CC/C=C/c2ccccc2)CC[C@@H](C(C(N)=O)(c2ccccc2)c2ccccc2)C1. The van der Waals surface area contributed by atoms with Crippen molar-refractivity contribution < 1.29 is 9.28 Å². The molecule has 1 saturated heterocycles.